The van der Waals surface area contributed by atoms with Gasteiger partial charge in [0, 0.05) is 33.8 Å². The average molecular weight is 467 g/mol. The maximum Gasteiger partial charge on any atom is 0.254 e. The molecule has 0 bridgehead atoms. The molecule has 0 aromatic heterocycles. The van der Waals surface area contributed by atoms with E-state index in [2.05, 4.69) is 21.2 Å². The van der Waals surface area contributed by atoms with E-state index in [4.69, 9.17) is 9.73 Å². The van der Waals surface area contributed by atoms with Gasteiger partial charge in [-0.1, -0.05) is 40.2 Å². The Morgan fingerprint density at radius 2 is 1.93 bits per heavy atom. The van der Waals surface area contributed by atoms with E-state index in [-0.39, 0.29) is 17.6 Å². The number of para-hydroxylation sites is 2. The minimum absolute atomic E-state index is 0.153. The van der Waals surface area contributed by atoms with E-state index in [9.17, 15) is 9.59 Å². The molecule has 5 nitrogen and oxygen atoms in total. The predicted molar refractivity (Wildman–Crippen MR) is 121 cm³/mol. The number of allylic oxidation sites excluding steroid dienone is 1. The molecule has 1 amide bonds. The first-order chi connectivity index (χ1) is 14.5. The molecular formula is C24H23BrN2O3. The largest absolute Gasteiger partial charge is 0.495 e. The number of rotatable bonds is 4. The van der Waals surface area contributed by atoms with Gasteiger partial charge in [-0.3, -0.25) is 14.6 Å². The van der Waals surface area contributed by atoms with Crippen LogP contribution in [0.1, 0.15) is 37.7 Å². The number of methoxy groups -OCH3 is 1. The third kappa shape index (κ3) is 3.84. The van der Waals surface area contributed by atoms with E-state index >= 15 is 0 Å². The molecule has 6 heteroatoms. The average Bonchev–Trinajstić information content (AvgIpc) is 2.73. The number of ketones is 1. The molecular weight excluding hydrogens is 444 g/mol. The number of hydrogen-bond donors (Lipinski definition) is 1. The van der Waals surface area contributed by atoms with Gasteiger partial charge in [-0.25, -0.2) is 0 Å². The van der Waals surface area contributed by atoms with Crippen molar-refractivity contribution in [2.75, 3.05) is 12.4 Å². The third-order valence-corrected chi connectivity index (χ3v) is 6.21. The van der Waals surface area contributed by atoms with Crippen molar-refractivity contribution in [2.45, 2.75) is 32.1 Å². The van der Waals surface area contributed by atoms with Crippen molar-refractivity contribution in [3.05, 3.63) is 69.8 Å². The highest BCUT2D eigenvalue weighted by Gasteiger charge is 2.43. The summed E-state index contributed by atoms with van der Waals surface area (Å²) in [6.45, 7) is 1.85. The Morgan fingerprint density at radius 1 is 1.13 bits per heavy atom. The maximum absolute atomic E-state index is 13.5. The number of hydrogen-bond acceptors (Lipinski definition) is 4. The number of carbonyl (C=O) groups excluding carboxylic acids is 2. The highest BCUT2D eigenvalue weighted by molar-refractivity contribution is 9.10. The summed E-state index contributed by atoms with van der Waals surface area (Å²) in [5.41, 5.74) is 3.60. The molecule has 2 aromatic rings. The monoisotopic (exact) mass is 466 g/mol. The summed E-state index contributed by atoms with van der Waals surface area (Å²) in [6, 6.07) is 15.1. The highest BCUT2D eigenvalue weighted by Crippen LogP contribution is 2.43. The van der Waals surface area contributed by atoms with Gasteiger partial charge in [-0.15, -0.1) is 0 Å². The number of benzene rings is 2. The molecule has 1 heterocycles. The highest BCUT2D eigenvalue weighted by atomic mass is 79.9. The van der Waals surface area contributed by atoms with E-state index in [1.54, 1.807) is 19.2 Å². The lowest BCUT2D eigenvalue weighted by atomic mass is 9.69. The fourth-order valence-corrected chi connectivity index (χ4v) is 4.83. The van der Waals surface area contributed by atoms with Crippen LogP contribution in [0.4, 0.5) is 5.69 Å². The zero-order chi connectivity index (χ0) is 21.3. The molecule has 30 heavy (non-hydrogen) atoms. The number of amides is 1. The van der Waals surface area contributed by atoms with Gasteiger partial charge >= 0.3 is 0 Å². The molecule has 4 rings (SSSR count). The molecule has 2 aromatic carbocycles. The van der Waals surface area contributed by atoms with E-state index in [0.29, 0.717) is 29.1 Å². The van der Waals surface area contributed by atoms with Gasteiger partial charge in [0.25, 0.3) is 5.91 Å². The van der Waals surface area contributed by atoms with Crippen molar-refractivity contribution in [3.8, 4) is 5.75 Å². The van der Waals surface area contributed by atoms with Crippen molar-refractivity contribution in [3.63, 3.8) is 0 Å². The summed E-state index contributed by atoms with van der Waals surface area (Å²) in [5, 5.41) is 2.97. The standard InChI is InChI=1S/C24H23BrN2O3/c1-14-21(24(29)27-17-9-3-4-12-20(17)30-2)22(15-7-5-8-16(25)13-15)23-18(26-14)10-6-11-19(23)28/h3-5,7-9,12-13,22-23H,6,10-11H2,1-2H3,(H,27,29)/t22-,23+/m0/s1. The second-order valence-corrected chi connectivity index (χ2v) is 8.50. The van der Waals surface area contributed by atoms with Gasteiger partial charge in [0.2, 0.25) is 0 Å². The lowest BCUT2D eigenvalue weighted by Crippen LogP contribution is -2.39. The van der Waals surface area contributed by atoms with Crippen molar-refractivity contribution in [2.24, 2.45) is 10.9 Å². The van der Waals surface area contributed by atoms with Crippen LogP contribution in [-0.4, -0.2) is 24.5 Å². The van der Waals surface area contributed by atoms with Crippen LogP contribution in [0.2, 0.25) is 0 Å². The van der Waals surface area contributed by atoms with E-state index in [1.807, 2.05) is 43.3 Å². The first kappa shape index (κ1) is 20.5. The van der Waals surface area contributed by atoms with Crippen LogP contribution in [0.25, 0.3) is 0 Å². The number of nitrogens with one attached hydrogen (secondary N) is 1. The van der Waals surface area contributed by atoms with Crippen LogP contribution in [-0.2, 0) is 9.59 Å². The van der Waals surface area contributed by atoms with Gasteiger partial charge in [-0.05, 0) is 49.6 Å². The van der Waals surface area contributed by atoms with E-state index < -0.39 is 5.92 Å². The molecule has 2 aliphatic rings. The number of nitrogens with zero attached hydrogens (tertiary/aromatic N) is 1. The summed E-state index contributed by atoms with van der Waals surface area (Å²) in [7, 11) is 1.57. The first-order valence-corrected chi connectivity index (χ1v) is 10.8. The molecule has 1 aliphatic heterocycles. The molecule has 1 saturated carbocycles. The Morgan fingerprint density at radius 3 is 2.70 bits per heavy atom. The predicted octanol–water partition coefficient (Wildman–Crippen LogP) is 5.28. The number of Topliss-reactive ketones (excluding diaryl/α,β-unsaturated/α-hetero) is 1. The molecule has 0 spiro atoms. The summed E-state index contributed by atoms with van der Waals surface area (Å²) < 4.78 is 6.28. The number of aliphatic imine (C=N–C) groups is 1. The van der Waals surface area contributed by atoms with Crippen molar-refractivity contribution >= 4 is 39.0 Å². The molecule has 154 valence electrons. The number of halogens is 1. The third-order valence-electron chi connectivity index (χ3n) is 5.72. The van der Waals surface area contributed by atoms with Gasteiger partial charge in [0.1, 0.15) is 11.5 Å². The molecule has 1 aliphatic carbocycles. The maximum atomic E-state index is 13.5. The van der Waals surface area contributed by atoms with Crippen LogP contribution in [0.3, 0.4) is 0 Å². The van der Waals surface area contributed by atoms with Gasteiger partial charge in [0.05, 0.1) is 18.7 Å². The molecule has 2 atom stereocenters. The second kappa shape index (κ2) is 8.56. The van der Waals surface area contributed by atoms with Gasteiger partial charge < -0.3 is 10.1 Å². The molecule has 0 radical (unpaired) electrons. The Hall–Kier alpha value is -2.73. The lowest BCUT2D eigenvalue weighted by molar-refractivity contribution is -0.122. The van der Waals surface area contributed by atoms with Gasteiger partial charge in [-0.2, -0.15) is 0 Å². The number of carbonyl (C=O) groups is 2. The Balaban J connectivity index is 1.80. The van der Waals surface area contributed by atoms with Crippen molar-refractivity contribution < 1.29 is 14.3 Å². The number of ether oxygens (including phenoxy) is 1. The molecule has 0 unspecified atom stereocenters. The van der Waals surface area contributed by atoms with Crippen molar-refractivity contribution in [1.29, 1.82) is 0 Å². The first-order valence-electron chi connectivity index (χ1n) is 10.0. The quantitative estimate of drug-likeness (QED) is 0.666. The molecule has 1 fully saturated rings. The normalized spacial score (nSPS) is 21.0. The summed E-state index contributed by atoms with van der Waals surface area (Å²) >= 11 is 3.53. The van der Waals surface area contributed by atoms with E-state index in [0.717, 1.165) is 28.6 Å². The summed E-state index contributed by atoms with van der Waals surface area (Å²) in [6.07, 6.45) is 2.13. The van der Waals surface area contributed by atoms with Crippen molar-refractivity contribution in [1.82, 2.24) is 0 Å². The number of anilines is 1. The molecule has 1 N–H and O–H groups in total. The Bertz CT molecular complexity index is 1070. The second-order valence-electron chi connectivity index (χ2n) is 7.59. The minimum atomic E-state index is -0.393. The fraction of sp³-hybridized carbons (Fsp3) is 0.292. The van der Waals surface area contributed by atoms with Crippen LogP contribution in [0.15, 0.2) is 69.3 Å². The topological polar surface area (TPSA) is 67.8 Å². The summed E-state index contributed by atoms with van der Waals surface area (Å²) in [4.78, 5) is 31.2. The zero-order valence-corrected chi connectivity index (χ0v) is 18.5. The SMILES string of the molecule is COc1ccccc1NC(=O)C1=C(C)N=C2CCCC(=O)[C@@H]2[C@H]1c1cccc(Br)c1. The van der Waals surface area contributed by atoms with Crippen LogP contribution in [0.5, 0.6) is 5.75 Å². The Labute approximate surface area is 184 Å². The van der Waals surface area contributed by atoms with Crippen LogP contribution in [0, 0.1) is 5.92 Å². The minimum Gasteiger partial charge on any atom is -0.495 e. The fourth-order valence-electron chi connectivity index (χ4n) is 4.41. The molecule has 0 saturated heterocycles. The Kier molecular flexibility index (Phi) is 5.86. The van der Waals surface area contributed by atoms with Crippen LogP contribution < -0.4 is 10.1 Å². The van der Waals surface area contributed by atoms with E-state index in [1.165, 1.54) is 0 Å². The number of fused-ring (bicyclic) bond motifs is 1. The smallest absolute Gasteiger partial charge is 0.254 e. The lowest BCUT2D eigenvalue weighted by Gasteiger charge is -2.36. The van der Waals surface area contributed by atoms with Gasteiger partial charge in [0.15, 0.2) is 0 Å². The van der Waals surface area contributed by atoms with Crippen LogP contribution >= 0.6 is 15.9 Å². The summed E-state index contributed by atoms with van der Waals surface area (Å²) in [5.74, 6) is -0.284. The zero-order valence-electron chi connectivity index (χ0n) is 16.9.